The molecule has 26 heavy (non-hydrogen) atoms. The highest BCUT2D eigenvalue weighted by atomic mass is 16.5. The van der Waals surface area contributed by atoms with Crippen molar-refractivity contribution in [2.75, 3.05) is 13.7 Å². The van der Waals surface area contributed by atoms with Gasteiger partial charge in [0.15, 0.2) is 6.61 Å². The monoisotopic (exact) mass is 352 g/mol. The van der Waals surface area contributed by atoms with Gasteiger partial charge in [0.05, 0.1) is 5.52 Å². The van der Waals surface area contributed by atoms with Crippen LogP contribution >= 0.6 is 0 Å². The molecule has 0 N–H and O–H groups in total. The first-order chi connectivity index (χ1) is 12.5. The predicted octanol–water partition coefficient (Wildman–Crippen LogP) is 1.94. The Kier molecular flexibility index (Phi) is 5.26. The summed E-state index contributed by atoms with van der Waals surface area (Å²) in [6.45, 7) is 2.08. The standard InChI is InChI=1S/C19H20N4O3/c1-14-7-3-4-8-15(14)11-22(2)18(24)13-26-19(25)12-23-17-10-6-5-9-16(17)20-21-23/h3-10H,11-13H2,1-2H3. The molecule has 0 spiro atoms. The van der Waals surface area contributed by atoms with Crippen LogP contribution in [0.5, 0.6) is 0 Å². The minimum absolute atomic E-state index is 0.0880. The highest BCUT2D eigenvalue weighted by Gasteiger charge is 2.15. The highest BCUT2D eigenvalue weighted by Crippen LogP contribution is 2.11. The maximum absolute atomic E-state index is 12.2. The van der Waals surface area contributed by atoms with Gasteiger partial charge in [-0.3, -0.25) is 9.59 Å². The van der Waals surface area contributed by atoms with Crippen LogP contribution < -0.4 is 0 Å². The van der Waals surface area contributed by atoms with Crippen molar-refractivity contribution in [3.63, 3.8) is 0 Å². The lowest BCUT2D eigenvalue weighted by molar-refractivity contribution is -0.152. The zero-order chi connectivity index (χ0) is 18.5. The lowest BCUT2D eigenvalue weighted by Gasteiger charge is -2.18. The lowest BCUT2D eigenvalue weighted by atomic mass is 10.1. The molecule has 7 heteroatoms. The molecule has 1 amide bonds. The van der Waals surface area contributed by atoms with Crippen LogP contribution in [0.15, 0.2) is 48.5 Å². The number of carbonyl (C=O) groups excluding carboxylic acids is 2. The van der Waals surface area contributed by atoms with Gasteiger partial charge in [-0.25, -0.2) is 4.68 Å². The predicted molar refractivity (Wildman–Crippen MR) is 96.1 cm³/mol. The maximum atomic E-state index is 12.2. The molecular weight excluding hydrogens is 332 g/mol. The van der Waals surface area contributed by atoms with Gasteiger partial charge in [-0.1, -0.05) is 41.6 Å². The Hall–Kier alpha value is -3.22. The van der Waals surface area contributed by atoms with Crippen LogP contribution in [0.2, 0.25) is 0 Å². The average molecular weight is 352 g/mol. The molecule has 0 saturated carbocycles. The average Bonchev–Trinajstić information content (AvgIpc) is 3.04. The zero-order valence-electron chi connectivity index (χ0n) is 14.8. The summed E-state index contributed by atoms with van der Waals surface area (Å²) >= 11 is 0. The van der Waals surface area contributed by atoms with E-state index in [4.69, 9.17) is 4.74 Å². The van der Waals surface area contributed by atoms with Crippen molar-refractivity contribution in [2.45, 2.75) is 20.0 Å². The Labute approximate surface area is 151 Å². The van der Waals surface area contributed by atoms with Gasteiger partial charge in [0.25, 0.3) is 5.91 Å². The quantitative estimate of drug-likeness (QED) is 0.634. The number of aromatic nitrogens is 3. The number of hydrogen-bond donors (Lipinski definition) is 0. The first kappa shape index (κ1) is 17.6. The first-order valence-electron chi connectivity index (χ1n) is 8.27. The summed E-state index contributed by atoms with van der Waals surface area (Å²) in [5.41, 5.74) is 3.62. The van der Waals surface area contributed by atoms with Crippen molar-refractivity contribution in [3.05, 3.63) is 59.7 Å². The molecule has 0 unspecified atom stereocenters. The number of benzene rings is 2. The Morgan fingerprint density at radius 1 is 1.12 bits per heavy atom. The largest absolute Gasteiger partial charge is 0.454 e. The van der Waals surface area contributed by atoms with Crippen molar-refractivity contribution >= 4 is 22.9 Å². The fraction of sp³-hybridized carbons (Fsp3) is 0.263. The smallest absolute Gasteiger partial charge is 0.328 e. The summed E-state index contributed by atoms with van der Waals surface area (Å²) in [6.07, 6.45) is 0. The van der Waals surface area contributed by atoms with Gasteiger partial charge in [-0.15, -0.1) is 5.10 Å². The van der Waals surface area contributed by atoms with Gasteiger partial charge in [0.1, 0.15) is 12.1 Å². The molecule has 0 aliphatic rings. The minimum atomic E-state index is -0.529. The van der Waals surface area contributed by atoms with E-state index < -0.39 is 5.97 Å². The van der Waals surface area contributed by atoms with E-state index in [1.807, 2.05) is 55.5 Å². The summed E-state index contributed by atoms with van der Waals surface area (Å²) in [6, 6.07) is 15.2. The van der Waals surface area contributed by atoms with Crippen LogP contribution in [0.25, 0.3) is 11.0 Å². The fourth-order valence-electron chi connectivity index (χ4n) is 2.59. The summed E-state index contributed by atoms with van der Waals surface area (Å²) in [5.74, 6) is -0.789. The second-order valence-electron chi connectivity index (χ2n) is 6.07. The van der Waals surface area contributed by atoms with E-state index in [1.165, 1.54) is 4.68 Å². The Bertz CT molecular complexity index is 935. The molecule has 3 rings (SSSR count). The molecular formula is C19H20N4O3. The van der Waals surface area contributed by atoms with E-state index in [0.29, 0.717) is 12.1 Å². The zero-order valence-corrected chi connectivity index (χ0v) is 14.8. The number of aryl methyl sites for hydroxylation is 1. The maximum Gasteiger partial charge on any atom is 0.328 e. The molecule has 0 radical (unpaired) electrons. The minimum Gasteiger partial charge on any atom is -0.454 e. The number of esters is 1. The number of hydrogen-bond acceptors (Lipinski definition) is 5. The third kappa shape index (κ3) is 4.05. The Morgan fingerprint density at radius 2 is 1.85 bits per heavy atom. The number of fused-ring (bicyclic) bond motifs is 1. The van der Waals surface area contributed by atoms with Gasteiger partial charge in [0, 0.05) is 13.6 Å². The SMILES string of the molecule is Cc1ccccc1CN(C)C(=O)COC(=O)Cn1nnc2ccccc21. The number of amides is 1. The fourth-order valence-corrected chi connectivity index (χ4v) is 2.59. The Morgan fingerprint density at radius 3 is 2.65 bits per heavy atom. The van der Waals surface area contributed by atoms with Gasteiger partial charge in [0.2, 0.25) is 0 Å². The van der Waals surface area contributed by atoms with Crippen molar-refractivity contribution in [2.24, 2.45) is 0 Å². The third-order valence-corrected chi connectivity index (χ3v) is 4.15. The number of rotatable bonds is 6. The molecule has 2 aromatic carbocycles. The van der Waals surface area contributed by atoms with Gasteiger partial charge in [-0.2, -0.15) is 0 Å². The van der Waals surface area contributed by atoms with Crippen molar-refractivity contribution in [1.29, 1.82) is 0 Å². The van der Waals surface area contributed by atoms with Crippen molar-refractivity contribution in [1.82, 2.24) is 19.9 Å². The summed E-state index contributed by atoms with van der Waals surface area (Å²) in [5, 5.41) is 7.91. The Balaban J connectivity index is 1.52. The molecule has 134 valence electrons. The van der Waals surface area contributed by atoms with Crippen LogP contribution in [-0.4, -0.2) is 45.4 Å². The molecule has 0 bridgehead atoms. The molecule has 7 nitrogen and oxygen atoms in total. The number of nitrogens with zero attached hydrogens (tertiary/aromatic N) is 4. The van der Waals surface area contributed by atoms with E-state index in [0.717, 1.165) is 16.6 Å². The van der Waals surface area contributed by atoms with E-state index in [1.54, 1.807) is 11.9 Å². The number of carbonyl (C=O) groups is 2. The third-order valence-electron chi connectivity index (χ3n) is 4.15. The number of ether oxygens (including phenoxy) is 1. The second kappa shape index (κ2) is 7.77. The molecule has 3 aromatic rings. The topological polar surface area (TPSA) is 77.3 Å². The second-order valence-corrected chi connectivity index (χ2v) is 6.07. The normalized spacial score (nSPS) is 10.7. The molecule has 0 atom stereocenters. The van der Waals surface area contributed by atoms with Crippen LogP contribution in [0.3, 0.4) is 0 Å². The molecule has 0 saturated heterocycles. The summed E-state index contributed by atoms with van der Waals surface area (Å²) in [4.78, 5) is 25.7. The van der Waals surface area contributed by atoms with Crippen LogP contribution in [0, 0.1) is 6.92 Å². The van der Waals surface area contributed by atoms with Crippen molar-refractivity contribution in [3.8, 4) is 0 Å². The van der Waals surface area contributed by atoms with E-state index in [2.05, 4.69) is 10.3 Å². The summed E-state index contributed by atoms with van der Waals surface area (Å²) < 4.78 is 6.55. The van der Waals surface area contributed by atoms with Gasteiger partial charge < -0.3 is 9.64 Å². The van der Waals surface area contributed by atoms with E-state index in [9.17, 15) is 9.59 Å². The molecule has 1 aromatic heterocycles. The van der Waals surface area contributed by atoms with E-state index in [-0.39, 0.29) is 19.1 Å². The molecule has 0 fully saturated rings. The molecule has 1 heterocycles. The lowest BCUT2D eigenvalue weighted by Crippen LogP contribution is -2.31. The number of likely N-dealkylation sites (N-methyl/N-ethyl adjacent to an activating group) is 1. The van der Waals surface area contributed by atoms with E-state index >= 15 is 0 Å². The van der Waals surface area contributed by atoms with Crippen LogP contribution in [0.4, 0.5) is 0 Å². The highest BCUT2D eigenvalue weighted by molar-refractivity contribution is 5.81. The van der Waals surface area contributed by atoms with Crippen LogP contribution in [-0.2, 0) is 27.4 Å². The van der Waals surface area contributed by atoms with Crippen LogP contribution in [0.1, 0.15) is 11.1 Å². The summed E-state index contributed by atoms with van der Waals surface area (Å²) in [7, 11) is 1.69. The van der Waals surface area contributed by atoms with Gasteiger partial charge in [-0.05, 0) is 30.2 Å². The first-order valence-corrected chi connectivity index (χ1v) is 8.27. The van der Waals surface area contributed by atoms with Gasteiger partial charge >= 0.3 is 5.97 Å². The molecule has 0 aliphatic carbocycles. The number of para-hydroxylation sites is 1. The van der Waals surface area contributed by atoms with Crippen molar-refractivity contribution < 1.29 is 14.3 Å². The molecule has 0 aliphatic heterocycles.